The van der Waals surface area contributed by atoms with Crippen LogP contribution in [-0.4, -0.2) is 49.0 Å². The zero-order valence-electron chi connectivity index (χ0n) is 27.5. The standard InChI is InChI=1S/C32H52N2O7/c1-28(2,3)20-32(11,31(9,10)30(7,8)19-23(29(4,5)6)25(35)33(12)13)27(36)41-21-14-15-24(34(37)38)22(18-21)26-39-16-17-40-26/h14-15,18,23,26H,16-17,19-20H2,1-13H3. The first-order valence-corrected chi connectivity index (χ1v) is 14.4. The summed E-state index contributed by atoms with van der Waals surface area (Å²) in [6.45, 7) is 23.5. The lowest BCUT2D eigenvalue weighted by molar-refractivity contribution is -0.386. The van der Waals surface area contributed by atoms with Crippen LogP contribution in [0, 0.1) is 43.1 Å². The summed E-state index contributed by atoms with van der Waals surface area (Å²) in [6.07, 6.45) is 0.200. The maximum atomic E-state index is 14.3. The lowest BCUT2D eigenvalue weighted by Gasteiger charge is -2.55. The molecule has 0 radical (unpaired) electrons. The van der Waals surface area contributed by atoms with Crippen molar-refractivity contribution >= 4 is 17.6 Å². The highest BCUT2D eigenvalue weighted by Crippen LogP contribution is 2.59. The van der Waals surface area contributed by atoms with Gasteiger partial charge in [0.2, 0.25) is 5.91 Å². The van der Waals surface area contributed by atoms with E-state index in [4.69, 9.17) is 14.2 Å². The summed E-state index contributed by atoms with van der Waals surface area (Å²) in [7, 11) is 3.56. The predicted octanol–water partition coefficient (Wildman–Crippen LogP) is 7.18. The van der Waals surface area contributed by atoms with Crippen LogP contribution in [0.4, 0.5) is 5.69 Å². The van der Waals surface area contributed by atoms with Crippen LogP contribution in [0.15, 0.2) is 18.2 Å². The molecule has 2 rings (SSSR count). The Kier molecular flexibility index (Phi) is 10.1. The van der Waals surface area contributed by atoms with Crippen LogP contribution in [0.1, 0.15) is 101 Å². The molecule has 0 aliphatic carbocycles. The van der Waals surface area contributed by atoms with Gasteiger partial charge in [-0.05, 0) is 53.6 Å². The third-order valence-electron chi connectivity index (χ3n) is 9.19. The smallest absolute Gasteiger partial charge is 0.317 e. The minimum atomic E-state index is -0.985. The summed E-state index contributed by atoms with van der Waals surface area (Å²) in [5.41, 5.74) is -2.55. The fraction of sp³-hybridized carbons (Fsp3) is 0.750. The van der Waals surface area contributed by atoms with Gasteiger partial charge in [0.05, 0.1) is 29.1 Å². The number of amides is 1. The lowest BCUT2D eigenvalue weighted by atomic mass is 9.49. The van der Waals surface area contributed by atoms with Crippen molar-refractivity contribution in [2.75, 3.05) is 27.3 Å². The molecule has 0 N–H and O–H groups in total. The van der Waals surface area contributed by atoms with E-state index < -0.39 is 33.4 Å². The molecule has 9 heteroatoms. The van der Waals surface area contributed by atoms with Crippen molar-refractivity contribution in [2.24, 2.45) is 33.0 Å². The van der Waals surface area contributed by atoms with Crippen LogP contribution in [-0.2, 0) is 19.1 Å². The highest BCUT2D eigenvalue weighted by molar-refractivity contribution is 5.81. The van der Waals surface area contributed by atoms with Crippen LogP contribution >= 0.6 is 0 Å². The van der Waals surface area contributed by atoms with E-state index in [1.165, 1.54) is 18.2 Å². The molecule has 2 unspecified atom stereocenters. The summed E-state index contributed by atoms with van der Waals surface area (Å²) in [6, 6.07) is 4.22. The number of benzene rings is 1. The zero-order chi connectivity index (χ0) is 31.8. The van der Waals surface area contributed by atoms with Crippen molar-refractivity contribution in [3.63, 3.8) is 0 Å². The average molecular weight is 577 g/mol. The first-order chi connectivity index (χ1) is 18.4. The number of nitro groups is 1. The number of nitro benzene ring substituents is 1. The van der Waals surface area contributed by atoms with Gasteiger partial charge in [-0.3, -0.25) is 19.7 Å². The number of esters is 1. The number of hydrogen-bond donors (Lipinski definition) is 0. The van der Waals surface area contributed by atoms with Gasteiger partial charge in [-0.25, -0.2) is 0 Å². The van der Waals surface area contributed by atoms with Gasteiger partial charge in [-0.1, -0.05) is 69.2 Å². The number of carbonyl (C=O) groups is 2. The summed E-state index contributed by atoms with van der Waals surface area (Å²) in [5, 5.41) is 11.7. The van der Waals surface area contributed by atoms with E-state index in [2.05, 4.69) is 69.2 Å². The lowest BCUT2D eigenvalue weighted by Crippen LogP contribution is -2.55. The van der Waals surface area contributed by atoms with Crippen molar-refractivity contribution in [1.29, 1.82) is 0 Å². The van der Waals surface area contributed by atoms with E-state index in [-0.39, 0.29) is 39.7 Å². The molecule has 0 saturated carbocycles. The SMILES string of the molecule is CN(C)C(=O)C(CC(C)(C)C(C)(C)C(C)(CC(C)(C)C)C(=O)Oc1ccc([N+](=O)[O-])c(C2OCCO2)c1)C(C)(C)C. The number of rotatable bonds is 10. The van der Waals surface area contributed by atoms with E-state index in [0.717, 1.165) is 0 Å². The highest BCUT2D eigenvalue weighted by atomic mass is 16.7. The fourth-order valence-corrected chi connectivity index (χ4v) is 5.91. The Hall–Kier alpha value is -2.52. The molecule has 41 heavy (non-hydrogen) atoms. The van der Waals surface area contributed by atoms with Gasteiger partial charge in [0.1, 0.15) is 5.75 Å². The maximum Gasteiger partial charge on any atom is 0.317 e. The normalized spacial score (nSPS) is 17.6. The Morgan fingerprint density at radius 2 is 1.54 bits per heavy atom. The highest BCUT2D eigenvalue weighted by Gasteiger charge is 2.58. The third-order valence-corrected chi connectivity index (χ3v) is 9.19. The molecular formula is C32H52N2O7. The van der Waals surface area contributed by atoms with Crippen molar-refractivity contribution in [3.8, 4) is 5.75 Å². The Bertz CT molecular complexity index is 1120. The van der Waals surface area contributed by atoms with E-state index in [1.54, 1.807) is 19.0 Å². The molecule has 1 heterocycles. The third kappa shape index (κ3) is 7.66. The quantitative estimate of drug-likeness (QED) is 0.126. The first-order valence-electron chi connectivity index (χ1n) is 14.4. The Morgan fingerprint density at radius 1 is 1.00 bits per heavy atom. The van der Waals surface area contributed by atoms with Crippen LogP contribution < -0.4 is 4.74 Å². The molecule has 1 aliphatic rings. The zero-order valence-corrected chi connectivity index (χ0v) is 27.5. The maximum absolute atomic E-state index is 14.3. The van der Waals surface area contributed by atoms with Gasteiger partial charge in [-0.15, -0.1) is 0 Å². The second kappa shape index (κ2) is 12.0. The van der Waals surface area contributed by atoms with Gasteiger partial charge < -0.3 is 19.1 Å². The minimum Gasteiger partial charge on any atom is -0.426 e. The van der Waals surface area contributed by atoms with Gasteiger partial charge in [0.25, 0.3) is 5.69 Å². The molecular weight excluding hydrogens is 524 g/mol. The Labute approximate surface area is 246 Å². The molecule has 0 bridgehead atoms. The molecule has 1 fully saturated rings. The van der Waals surface area contributed by atoms with Crippen LogP contribution in [0.5, 0.6) is 5.75 Å². The second-order valence-corrected chi connectivity index (χ2v) is 15.4. The number of ether oxygens (including phenoxy) is 3. The summed E-state index contributed by atoms with van der Waals surface area (Å²) >= 11 is 0. The van der Waals surface area contributed by atoms with E-state index in [0.29, 0.717) is 26.1 Å². The van der Waals surface area contributed by atoms with Crippen molar-refractivity contribution < 1.29 is 28.7 Å². The second-order valence-electron chi connectivity index (χ2n) is 15.4. The summed E-state index contributed by atoms with van der Waals surface area (Å²) < 4.78 is 17.1. The van der Waals surface area contributed by atoms with Crippen LogP contribution in [0.3, 0.4) is 0 Å². The van der Waals surface area contributed by atoms with Crippen molar-refractivity contribution in [3.05, 3.63) is 33.9 Å². The first kappa shape index (κ1) is 34.7. The topological polar surface area (TPSA) is 108 Å². The van der Waals surface area contributed by atoms with E-state index in [9.17, 15) is 19.7 Å². The van der Waals surface area contributed by atoms with Gasteiger partial charge in [0, 0.05) is 26.1 Å². The number of nitrogens with zero attached hydrogens (tertiary/aromatic N) is 2. The molecule has 2 atom stereocenters. The monoisotopic (exact) mass is 576 g/mol. The molecule has 232 valence electrons. The van der Waals surface area contributed by atoms with E-state index in [1.807, 2.05) is 6.92 Å². The Balaban J connectivity index is 2.56. The molecule has 1 aromatic carbocycles. The number of carbonyl (C=O) groups excluding carboxylic acids is 2. The van der Waals surface area contributed by atoms with E-state index >= 15 is 0 Å². The molecule has 0 aromatic heterocycles. The molecule has 1 amide bonds. The summed E-state index contributed by atoms with van der Waals surface area (Å²) in [4.78, 5) is 40.4. The largest absolute Gasteiger partial charge is 0.426 e. The summed E-state index contributed by atoms with van der Waals surface area (Å²) in [5.74, 6) is -0.426. The van der Waals surface area contributed by atoms with Crippen molar-refractivity contribution in [1.82, 2.24) is 4.90 Å². The van der Waals surface area contributed by atoms with Crippen LogP contribution in [0.25, 0.3) is 0 Å². The average Bonchev–Trinajstić information content (AvgIpc) is 3.34. The predicted molar refractivity (Wildman–Crippen MR) is 159 cm³/mol. The molecule has 0 spiro atoms. The molecule has 1 aromatic rings. The van der Waals surface area contributed by atoms with Gasteiger partial charge >= 0.3 is 5.97 Å². The van der Waals surface area contributed by atoms with Gasteiger partial charge in [0.15, 0.2) is 6.29 Å². The van der Waals surface area contributed by atoms with Gasteiger partial charge in [-0.2, -0.15) is 0 Å². The molecule has 9 nitrogen and oxygen atoms in total. The number of hydrogen-bond acceptors (Lipinski definition) is 7. The van der Waals surface area contributed by atoms with Crippen LogP contribution in [0.2, 0.25) is 0 Å². The fourth-order valence-electron chi connectivity index (χ4n) is 5.91. The molecule has 1 saturated heterocycles. The Morgan fingerprint density at radius 3 is 1.98 bits per heavy atom. The minimum absolute atomic E-state index is 0.0660. The van der Waals surface area contributed by atoms with Crippen molar-refractivity contribution in [2.45, 2.75) is 95.3 Å². The molecule has 1 aliphatic heterocycles.